The molecule has 0 aromatic heterocycles. The van der Waals surface area contributed by atoms with E-state index < -0.39 is 5.97 Å². The Morgan fingerprint density at radius 1 is 0.915 bits per heavy atom. The van der Waals surface area contributed by atoms with Crippen molar-refractivity contribution in [1.29, 1.82) is 0 Å². The van der Waals surface area contributed by atoms with Crippen molar-refractivity contribution >= 4 is 17.6 Å². The summed E-state index contributed by atoms with van der Waals surface area (Å²) in [6, 6.07) is 21.6. The number of ether oxygens (including phenoxy) is 3. The van der Waals surface area contributed by atoms with Gasteiger partial charge in [0.1, 0.15) is 0 Å². The lowest BCUT2D eigenvalue weighted by atomic mass is 9.99. The predicted molar refractivity (Wildman–Crippen MR) is 182 cm³/mol. The molecule has 0 aliphatic carbocycles. The summed E-state index contributed by atoms with van der Waals surface area (Å²) in [6.45, 7) is 9.03. The smallest absolute Gasteiger partial charge is 0.303 e. The maximum absolute atomic E-state index is 13.6. The number of benzene rings is 3. The minimum Gasteiger partial charge on any atom is -0.493 e. The number of carbonyl (C=O) groups excluding carboxylic acids is 1. The number of carboxylic acid groups (broad SMARTS) is 1. The first-order chi connectivity index (χ1) is 22.9. The van der Waals surface area contributed by atoms with Crippen molar-refractivity contribution in [1.82, 2.24) is 9.80 Å². The van der Waals surface area contributed by atoms with Gasteiger partial charge in [-0.15, -0.1) is 0 Å². The lowest BCUT2D eigenvalue weighted by Crippen LogP contribution is -2.46. The Labute approximate surface area is 278 Å². The Hall–Kier alpha value is -4.12. The second-order valence-electron chi connectivity index (χ2n) is 11.7. The highest BCUT2D eigenvalue weighted by Crippen LogP contribution is 2.40. The van der Waals surface area contributed by atoms with Gasteiger partial charge in [0.05, 0.1) is 26.9 Å². The number of anilines is 1. The number of aliphatic hydroxyl groups is 1. The summed E-state index contributed by atoms with van der Waals surface area (Å²) < 4.78 is 16.2. The molecular weight excluding hydrogens is 598 g/mol. The van der Waals surface area contributed by atoms with Gasteiger partial charge in [-0.3, -0.25) is 9.59 Å². The fraction of sp³-hybridized carbons (Fsp3) is 0.459. The van der Waals surface area contributed by atoms with E-state index in [4.69, 9.17) is 19.3 Å². The van der Waals surface area contributed by atoms with E-state index in [1.54, 1.807) is 14.2 Å². The van der Waals surface area contributed by atoms with Crippen molar-refractivity contribution in [3.8, 4) is 11.5 Å². The van der Waals surface area contributed by atoms with Crippen LogP contribution >= 0.6 is 0 Å². The molecule has 2 heterocycles. The molecule has 254 valence electrons. The number of aliphatic hydroxyl groups excluding tert-OH is 1. The number of methoxy groups -OCH3 is 2. The molecule has 0 radical (unpaired) electrons. The fourth-order valence-corrected chi connectivity index (χ4v) is 6.13. The standard InChI is InChI=1S/C26H35N3O4.C11H14O3/c1-4-27-12-14-28(15-13-27)23-8-5-7-20-21(23)18-29(26(20)31)22(9-6-16-30)19-10-11-24(32-2)25(17-19)33-3;12-11(13)7-4-8-14-9-10-5-2-1-3-6-10/h5,7-8,10-11,17,22,30H,4,6,9,12-16,18H2,1-3H3;1-3,5-6H,4,7-9H2,(H,12,13)/t22-;/m1./s1. The van der Waals surface area contributed by atoms with Crippen LogP contribution in [-0.2, 0) is 22.7 Å². The minimum atomic E-state index is -0.770. The molecule has 10 nitrogen and oxygen atoms in total. The zero-order valence-electron chi connectivity index (χ0n) is 27.9. The first kappa shape index (κ1) is 35.7. The number of hydrogen-bond donors (Lipinski definition) is 2. The van der Waals surface area contributed by atoms with Crippen LogP contribution in [0, 0.1) is 0 Å². The van der Waals surface area contributed by atoms with Crippen molar-refractivity contribution in [2.75, 3.05) is 65.1 Å². The average Bonchev–Trinajstić information content (AvgIpc) is 3.44. The van der Waals surface area contributed by atoms with Gasteiger partial charge >= 0.3 is 5.97 Å². The molecular formula is C37H49N3O7. The quantitative estimate of drug-likeness (QED) is 0.210. The van der Waals surface area contributed by atoms with E-state index >= 15 is 0 Å². The lowest BCUT2D eigenvalue weighted by molar-refractivity contribution is -0.137. The summed E-state index contributed by atoms with van der Waals surface area (Å²) in [5.74, 6) is 0.583. The zero-order chi connectivity index (χ0) is 33.6. The predicted octanol–water partition coefficient (Wildman–Crippen LogP) is 5.38. The van der Waals surface area contributed by atoms with Crippen molar-refractivity contribution < 1.29 is 34.0 Å². The summed E-state index contributed by atoms with van der Waals surface area (Å²) in [4.78, 5) is 30.6. The van der Waals surface area contributed by atoms with E-state index in [0.29, 0.717) is 50.5 Å². The van der Waals surface area contributed by atoms with Gasteiger partial charge in [0.25, 0.3) is 5.91 Å². The van der Waals surface area contributed by atoms with Crippen LogP contribution < -0.4 is 14.4 Å². The molecule has 3 aromatic carbocycles. The molecule has 3 aromatic rings. The highest BCUT2D eigenvalue weighted by molar-refractivity contribution is 6.00. The third-order valence-electron chi connectivity index (χ3n) is 8.73. The highest BCUT2D eigenvalue weighted by Gasteiger charge is 2.36. The molecule has 0 saturated carbocycles. The Kier molecular flexibility index (Phi) is 13.9. The number of rotatable bonds is 15. The van der Waals surface area contributed by atoms with Crippen LogP contribution in [0.3, 0.4) is 0 Å². The van der Waals surface area contributed by atoms with E-state index in [1.165, 1.54) is 5.69 Å². The molecule has 47 heavy (non-hydrogen) atoms. The minimum absolute atomic E-state index is 0.0526. The first-order valence-corrected chi connectivity index (χ1v) is 16.5. The number of aliphatic carboxylic acids is 1. The molecule has 10 heteroatoms. The van der Waals surface area contributed by atoms with Crippen molar-refractivity contribution in [3.63, 3.8) is 0 Å². The van der Waals surface area contributed by atoms with Gasteiger partial charge in [-0.25, -0.2) is 0 Å². The molecule has 1 fully saturated rings. The average molecular weight is 648 g/mol. The van der Waals surface area contributed by atoms with Crippen molar-refractivity contribution in [2.24, 2.45) is 0 Å². The maximum Gasteiger partial charge on any atom is 0.303 e. The molecule has 2 aliphatic rings. The number of piperazine rings is 1. The molecule has 1 atom stereocenters. The summed E-state index contributed by atoms with van der Waals surface area (Å²) >= 11 is 0. The number of fused-ring (bicyclic) bond motifs is 1. The monoisotopic (exact) mass is 647 g/mol. The van der Waals surface area contributed by atoms with E-state index in [1.807, 2.05) is 65.6 Å². The van der Waals surface area contributed by atoms with Gasteiger partial charge in [-0.05, 0) is 61.2 Å². The van der Waals surface area contributed by atoms with Gasteiger partial charge in [0.2, 0.25) is 0 Å². The second kappa shape index (κ2) is 18.3. The van der Waals surface area contributed by atoms with Crippen LogP contribution in [0.1, 0.15) is 65.7 Å². The van der Waals surface area contributed by atoms with Crippen molar-refractivity contribution in [2.45, 2.75) is 51.8 Å². The van der Waals surface area contributed by atoms with Crippen LogP contribution in [0.25, 0.3) is 0 Å². The zero-order valence-corrected chi connectivity index (χ0v) is 27.9. The van der Waals surface area contributed by atoms with Crippen LogP contribution in [0.2, 0.25) is 0 Å². The lowest BCUT2D eigenvalue weighted by Gasteiger charge is -2.36. The number of carbonyl (C=O) groups is 2. The Morgan fingerprint density at radius 3 is 2.32 bits per heavy atom. The second-order valence-corrected chi connectivity index (χ2v) is 11.7. The summed E-state index contributed by atoms with van der Waals surface area (Å²) in [5.41, 5.74) is 5.18. The maximum atomic E-state index is 13.6. The van der Waals surface area contributed by atoms with E-state index in [9.17, 15) is 14.7 Å². The topological polar surface area (TPSA) is 112 Å². The first-order valence-electron chi connectivity index (χ1n) is 16.5. The Morgan fingerprint density at radius 2 is 1.66 bits per heavy atom. The van der Waals surface area contributed by atoms with E-state index in [0.717, 1.165) is 55.0 Å². The Bertz CT molecular complexity index is 1430. The van der Waals surface area contributed by atoms with Gasteiger partial charge in [0.15, 0.2) is 11.5 Å². The largest absolute Gasteiger partial charge is 0.493 e. The molecule has 1 amide bonds. The number of hydrogen-bond acceptors (Lipinski definition) is 8. The normalized spacial score (nSPS) is 15.1. The highest BCUT2D eigenvalue weighted by atomic mass is 16.5. The fourth-order valence-electron chi connectivity index (χ4n) is 6.13. The third kappa shape index (κ3) is 9.70. The molecule has 0 bridgehead atoms. The van der Waals surface area contributed by atoms with E-state index in [-0.39, 0.29) is 25.0 Å². The molecule has 5 rings (SSSR count). The van der Waals surface area contributed by atoms with Crippen LogP contribution in [0.5, 0.6) is 11.5 Å². The number of amides is 1. The molecule has 1 saturated heterocycles. The molecule has 0 unspecified atom stereocenters. The molecule has 2 aliphatic heterocycles. The Balaban J connectivity index is 0.000000300. The van der Waals surface area contributed by atoms with Gasteiger partial charge in [0, 0.05) is 69.2 Å². The number of nitrogens with zero attached hydrogens (tertiary/aromatic N) is 3. The molecule has 0 spiro atoms. The summed E-state index contributed by atoms with van der Waals surface area (Å²) in [7, 11) is 3.23. The van der Waals surface area contributed by atoms with Gasteiger partial charge in [-0.1, -0.05) is 49.4 Å². The number of carboxylic acids is 1. The SMILES string of the molecule is CCN1CCN(c2cccc3c2CN([C@H](CCCO)c2ccc(OC)c(OC)c2)C3=O)CC1.O=C(O)CCCOCc1ccccc1. The number of likely N-dealkylation sites (N-methyl/N-ethyl adjacent to an activating group) is 1. The van der Waals surface area contributed by atoms with Crippen LogP contribution in [-0.4, -0.2) is 92.0 Å². The van der Waals surface area contributed by atoms with Gasteiger partial charge in [-0.2, -0.15) is 0 Å². The van der Waals surface area contributed by atoms with Crippen LogP contribution in [0.4, 0.5) is 5.69 Å². The van der Waals surface area contributed by atoms with Crippen molar-refractivity contribution in [3.05, 3.63) is 89.0 Å². The summed E-state index contributed by atoms with van der Waals surface area (Å²) in [5, 5.41) is 17.9. The van der Waals surface area contributed by atoms with Gasteiger partial charge < -0.3 is 39.1 Å². The van der Waals surface area contributed by atoms with Crippen LogP contribution in [0.15, 0.2) is 66.7 Å². The summed E-state index contributed by atoms with van der Waals surface area (Å²) in [6.07, 6.45) is 2.04. The molecule has 2 N–H and O–H groups in total. The third-order valence-corrected chi connectivity index (χ3v) is 8.73. The van der Waals surface area contributed by atoms with E-state index in [2.05, 4.69) is 22.8 Å².